The molecule has 1 heterocycles. The van der Waals surface area contributed by atoms with E-state index in [0.29, 0.717) is 5.92 Å². The lowest BCUT2D eigenvalue weighted by Crippen LogP contribution is -2.31. The predicted molar refractivity (Wildman–Crippen MR) is 64.3 cm³/mol. The summed E-state index contributed by atoms with van der Waals surface area (Å²) in [6.45, 7) is 1.88. The highest BCUT2D eigenvalue weighted by molar-refractivity contribution is 7.09. The Hall–Kier alpha value is -0.380. The molecule has 15 heavy (non-hydrogen) atoms. The highest BCUT2D eigenvalue weighted by atomic mass is 32.1. The second-order valence-electron chi connectivity index (χ2n) is 4.50. The summed E-state index contributed by atoms with van der Waals surface area (Å²) in [7, 11) is 2.10. The van der Waals surface area contributed by atoms with E-state index in [0.717, 1.165) is 19.5 Å². The largest absolute Gasteiger partial charge is 0.392 e. The molecule has 0 spiro atoms. The number of aliphatic hydroxyl groups excluding tert-OH is 1. The molecular formula is C12H19NOS. The maximum atomic E-state index is 9.78. The summed E-state index contributed by atoms with van der Waals surface area (Å²) in [4.78, 5) is 3.67. The molecule has 1 aromatic heterocycles. The standard InChI is InChI=1S/C12H19NOS/c1-13(9-12(14)10-4-5-10)7-6-11-3-2-8-15-11/h2-3,8,10,12,14H,4-7,9H2,1H3. The Labute approximate surface area is 95.5 Å². The van der Waals surface area contributed by atoms with E-state index >= 15 is 0 Å². The van der Waals surface area contributed by atoms with E-state index in [1.807, 2.05) is 11.3 Å². The number of aliphatic hydroxyl groups is 1. The van der Waals surface area contributed by atoms with Crippen LogP contribution in [0.4, 0.5) is 0 Å². The van der Waals surface area contributed by atoms with Crippen LogP contribution in [0.2, 0.25) is 0 Å². The number of hydrogen-bond donors (Lipinski definition) is 1. The van der Waals surface area contributed by atoms with E-state index < -0.39 is 0 Å². The first kappa shape index (κ1) is 11.1. The zero-order chi connectivity index (χ0) is 10.7. The second kappa shape index (κ2) is 5.10. The van der Waals surface area contributed by atoms with Crippen LogP contribution in [-0.4, -0.2) is 36.2 Å². The smallest absolute Gasteiger partial charge is 0.0695 e. The minimum Gasteiger partial charge on any atom is -0.392 e. The highest BCUT2D eigenvalue weighted by Gasteiger charge is 2.30. The van der Waals surface area contributed by atoms with Gasteiger partial charge in [0.05, 0.1) is 6.10 Å². The van der Waals surface area contributed by atoms with Gasteiger partial charge in [0.15, 0.2) is 0 Å². The molecule has 1 atom stereocenters. The molecule has 0 amide bonds. The summed E-state index contributed by atoms with van der Waals surface area (Å²) < 4.78 is 0. The zero-order valence-corrected chi connectivity index (χ0v) is 10.0. The summed E-state index contributed by atoms with van der Waals surface area (Å²) in [6.07, 6.45) is 3.45. The molecule has 1 N–H and O–H groups in total. The van der Waals surface area contributed by atoms with Crippen LogP contribution in [0.25, 0.3) is 0 Å². The average Bonchev–Trinajstić information content (AvgIpc) is 2.93. The van der Waals surface area contributed by atoms with Crippen LogP contribution in [0.5, 0.6) is 0 Å². The summed E-state index contributed by atoms with van der Waals surface area (Å²) in [5.74, 6) is 0.592. The van der Waals surface area contributed by atoms with Gasteiger partial charge in [-0.05, 0) is 43.7 Å². The molecule has 84 valence electrons. The van der Waals surface area contributed by atoms with Crippen molar-refractivity contribution in [1.29, 1.82) is 0 Å². The van der Waals surface area contributed by atoms with Crippen LogP contribution in [0.15, 0.2) is 17.5 Å². The SMILES string of the molecule is CN(CCc1cccs1)CC(O)C1CC1. The number of nitrogens with zero attached hydrogens (tertiary/aromatic N) is 1. The van der Waals surface area contributed by atoms with Gasteiger partial charge in [0.2, 0.25) is 0 Å². The molecule has 0 bridgehead atoms. The fourth-order valence-corrected chi connectivity index (χ4v) is 2.49. The third-order valence-electron chi connectivity index (χ3n) is 2.98. The van der Waals surface area contributed by atoms with E-state index in [1.54, 1.807) is 0 Å². The first-order valence-electron chi connectivity index (χ1n) is 5.64. The van der Waals surface area contributed by atoms with E-state index in [4.69, 9.17) is 0 Å². The van der Waals surface area contributed by atoms with Gasteiger partial charge < -0.3 is 10.0 Å². The summed E-state index contributed by atoms with van der Waals surface area (Å²) in [5, 5.41) is 11.9. The maximum Gasteiger partial charge on any atom is 0.0695 e. The molecule has 1 fully saturated rings. The van der Waals surface area contributed by atoms with Gasteiger partial charge in [0, 0.05) is 18.0 Å². The van der Waals surface area contributed by atoms with Gasteiger partial charge in [-0.3, -0.25) is 0 Å². The van der Waals surface area contributed by atoms with Crippen molar-refractivity contribution in [3.05, 3.63) is 22.4 Å². The lowest BCUT2D eigenvalue weighted by molar-refractivity contribution is 0.107. The van der Waals surface area contributed by atoms with Gasteiger partial charge in [0.1, 0.15) is 0 Å². The Morgan fingerprint density at radius 3 is 3.00 bits per heavy atom. The normalized spacial score (nSPS) is 18.3. The second-order valence-corrected chi connectivity index (χ2v) is 5.53. The number of thiophene rings is 1. The van der Waals surface area contributed by atoms with Gasteiger partial charge in [-0.1, -0.05) is 6.07 Å². The van der Waals surface area contributed by atoms with Crippen LogP contribution >= 0.6 is 11.3 Å². The van der Waals surface area contributed by atoms with Crippen LogP contribution < -0.4 is 0 Å². The molecule has 0 radical (unpaired) electrons. The molecule has 0 aliphatic heterocycles. The molecule has 1 aliphatic rings. The van der Waals surface area contributed by atoms with Gasteiger partial charge in [0.25, 0.3) is 0 Å². The van der Waals surface area contributed by atoms with Crippen molar-refractivity contribution in [3.63, 3.8) is 0 Å². The maximum absolute atomic E-state index is 9.78. The minimum absolute atomic E-state index is 0.0988. The Kier molecular flexibility index (Phi) is 3.78. The Balaban J connectivity index is 1.65. The van der Waals surface area contributed by atoms with Gasteiger partial charge >= 0.3 is 0 Å². The van der Waals surface area contributed by atoms with Crippen molar-refractivity contribution in [3.8, 4) is 0 Å². The van der Waals surface area contributed by atoms with Crippen LogP contribution in [-0.2, 0) is 6.42 Å². The third-order valence-corrected chi connectivity index (χ3v) is 3.92. The first-order valence-corrected chi connectivity index (χ1v) is 6.52. The quantitative estimate of drug-likeness (QED) is 0.800. The van der Waals surface area contributed by atoms with Crippen molar-refractivity contribution < 1.29 is 5.11 Å². The monoisotopic (exact) mass is 225 g/mol. The van der Waals surface area contributed by atoms with Gasteiger partial charge in [-0.25, -0.2) is 0 Å². The minimum atomic E-state index is -0.0988. The topological polar surface area (TPSA) is 23.5 Å². The predicted octanol–water partition coefficient (Wildman–Crippen LogP) is 1.99. The molecular weight excluding hydrogens is 206 g/mol. The van der Waals surface area contributed by atoms with Crippen LogP contribution in [0.1, 0.15) is 17.7 Å². The van der Waals surface area contributed by atoms with Gasteiger partial charge in [-0.2, -0.15) is 0 Å². The van der Waals surface area contributed by atoms with E-state index in [1.165, 1.54) is 17.7 Å². The summed E-state index contributed by atoms with van der Waals surface area (Å²) in [6, 6.07) is 4.27. The third kappa shape index (κ3) is 3.59. The lowest BCUT2D eigenvalue weighted by Gasteiger charge is -2.19. The number of hydrogen-bond acceptors (Lipinski definition) is 3. The summed E-state index contributed by atoms with van der Waals surface area (Å²) >= 11 is 1.81. The molecule has 1 unspecified atom stereocenters. The zero-order valence-electron chi connectivity index (χ0n) is 9.22. The Morgan fingerprint density at radius 1 is 1.60 bits per heavy atom. The number of likely N-dealkylation sites (N-methyl/N-ethyl adjacent to an activating group) is 1. The van der Waals surface area contributed by atoms with Crippen LogP contribution in [0, 0.1) is 5.92 Å². The van der Waals surface area contributed by atoms with Crippen molar-refractivity contribution in [1.82, 2.24) is 4.90 Å². The fraction of sp³-hybridized carbons (Fsp3) is 0.667. The molecule has 2 rings (SSSR count). The van der Waals surface area contributed by atoms with Crippen molar-refractivity contribution >= 4 is 11.3 Å². The van der Waals surface area contributed by atoms with Crippen molar-refractivity contribution in [2.24, 2.45) is 5.92 Å². The molecule has 2 nitrogen and oxygen atoms in total. The number of rotatable bonds is 6. The lowest BCUT2D eigenvalue weighted by atomic mass is 10.2. The molecule has 1 aromatic rings. The molecule has 1 saturated carbocycles. The average molecular weight is 225 g/mol. The molecule has 3 heteroatoms. The molecule has 0 saturated heterocycles. The van der Waals surface area contributed by atoms with E-state index in [-0.39, 0.29) is 6.10 Å². The first-order chi connectivity index (χ1) is 7.25. The Bertz CT molecular complexity index is 282. The highest BCUT2D eigenvalue weighted by Crippen LogP contribution is 2.32. The Morgan fingerprint density at radius 2 is 2.40 bits per heavy atom. The van der Waals surface area contributed by atoms with E-state index in [9.17, 15) is 5.11 Å². The fourth-order valence-electron chi connectivity index (χ4n) is 1.80. The van der Waals surface area contributed by atoms with Crippen LogP contribution in [0.3, 0.4) is 0 Å². The van der Waals surface area contributed by atoms with E-state index in [2.05, 4.69) is 29.5 Å². The van der Waals surface area contributed by atoms with Gasteiger partial charge in [-0.15, -0.1) is 11.3 Å². The molecule has 0 aromatic carbocycles. The van der Waals surface area contributed by atoms with Crippen molar-refractivity contribution in [2.45, 2.75) is 25.4 Å². The molecule has 1 aliphatic carbocycles. The summed E-state index contributed by atoms with van der Waals surface area (Å²) in [5.41, 5.74) is 0. The van der Waals surface area contributed by atoms with Crippen molar-refractivity contribution in [2.75, 3.05) is 20.1 Å².